The van der Waals surface area contributed by atoms with E-state index < -0.39 is 11.9 Å². The number of amides is 1. The lowest BCUT2D eigenvalue weighted by Gasteiger charge is -2.13. The number of carbonyl (C=O) groups excluding carboxylic acids is 1. The van der Waals surface area contributed by atoms with Gasteiger partial charge in [0.05, 0.1) is 27.6 Å². The normalized spacial score (nSPS) is 14.8. The van der Waals surface area contributed by atoms with Crippen molar-refractivity contribution in [1.29, 1.82) is 5.26 Å². The van der Waals surface area contributed by atoms with Gasteiger partial charge in [0, 0.05) is 5.56 Å². The van der Waals surface area contributed by atoms with E-state index in [0.29, 0.717) is 28.3 Å². The molecule has 1 aliphatic rings. The number of benzene rings is 2. The highest BCUT2D eigenvalue weighted by atomic mass is 35.5. The number of para-hydroxylation sites is 1. The van der Waals surface area contributed by atoms with Crippen LogP contribution in [0.3, 0.4) is 0 Å². The zero-order valence-electron chi connectivity index (χ0n) is 14.7. The van der Waals surface area contributed by atoms with E-state index in [4.69, 9.17) is 21.6 Å². The molecule has 7 nitrogen and oxygen atoms in total. The molecule has 140 valence electrons. The van der Waals surface area contributed by atoms with E-state index >= 15 is 0 Å². The molecule has 0 spiro atoms. The van der Waals surface area contributed by atoms with Crippen LogP contribution in [0.2, 0.25) is 5.02 Å². The van der Waals surface area contributed by atoms with Gasteiger partial charge in [-0.15, -0.1) is 0 Å². The van der Waals surface area contributed by atoms with Crippen LogP contribution < -0.4 is 9.75 Å². The van der Waals surface area contributed by atoms with E-state index in [1.807, 2.05) is 6.07 Å². The van der Waals surface area contributed by atoms with Gasteiger partial charge in [-0.1, -0.05) is 29.8 Å². The fraction of sp³-hybridized carbons (Fsp3) is 0.100. The van der Waals surface area contributed by atoms with Crippen molar-refractivity contribution >= 4 is 41.0 Å². The molecule has 1 N–H and O–H groups in total. The summed E-state index contributed by atoms with van der Waals surface area (Å²) < 4.78 is 5.38. The van der Waals surface area contributed by atoms with Crippen molar-refractivity contribution in [2.75, 3.05) is 11.6 Å². The van der Waals surface area contributed by atoms with Crippen molar-refractivity contribution in [2.45, 2.75) is 6.92 Å². The number of hydrogen-bond donors (Lipinski definition) is 1. The third-order valence-corrected chi connectivity index (χ3v) is 4.33. The van der Waals surface area contributed by atoms with Crippen molar-refractivity contribution in [3.05, 3.63) is 64.2 Å². The average molecular weight is 396 g/mol. The largest absolute Gasteiger partial charge is 0.478 e. The maximum Gasteiger partial charge on any atom is 0.337 e. The summed E-state index contributed by atoms with van der Waals surface area (Å²) in [7, 11) is 0. The molecule has 0 saturated carbocycles. The number of carboxylic acids is 1. The summed E-state index contributed by atoms with van der Waals surface area (Å²) in [6.45, 7) is 1.56. The third kappa shape index (κ3) is 3.72. The van der Waals surface area contributed by atoms with Gasteiger partial charge in [0.25, 0.3) is 5.91 Å². The molecule has 2 aromatic rings. The molecule has 0 aromatic heterocycles. The van der Waals surface area contributed by atoms with E-state index in [1.165, 1.54) is 18.2 Å². The second kappa shape index (κ2) is 7.94. The molecule has 0 fully saturated rings. The van der Waals surface area contributed by atoms with Crippen molar-refractivity contribution < 1.29 is 19.4 Å². The Morgan fingerprint density at radius 2 is 2.11 bits per heavy atom. The summed E-state index contributed by atoms with van der Waals surface area (Å²) in [5.41, 5.74) is 1.60. The molecular formula is C20H14ClN3O4. The Kier molecular flexibility index (Phi) is 5.43. The van der Waals surface area contributed by atoms with Crippen LogP contribution in [0, 0.1) is 11.3 Å². The summed E-state index contributed by atoms with van der Waals surface area (Å²) in [6, 6.07) is 13.1. The van der Waals surface area contributed by atoms with Crippen LogP contribution in [-0.2, 0) is 4.79 Å². The van der Waals surface area contributed by atoms with Gasteiger partial charge in [0.2, 0.25) is 0 Å². The Labute approximate surface area is 165 Å². The highest BCUT2D eigenvalue weighted by Gasteiger charge is 2.29. The number of carbonyl (C=O) groups is 2. The molecule has 2 aromatic carbocycles. The second-order valence-corrected chi connectivity index (χ2v) is 6.22. The Hall–Kier alpha value is -3.63. The Morgan fingerprint density at radius 3 is 2.82 bits per heavy atom. The first-order chi connectivity index (χ1) is 13.4. The Morgan fingerprint density at radius 1 is 1.36 bits per heavy atom. The Balaban J connectivity index is 1.96. The summed E-state index contributed by atoms with van der Waals surface area (Å²) in [5, 5.41) is 23.4. The number of aromatic carboxylic acids is 1. The Bertz CT molecular complexity index is 1070. The smallest absolute Gasteiger partial charge is 0.337 e. The number of halogens is 1. The molecule has 28 heavy (non-hydrogen) atoms. The molecule has 0 atom stereocenters. The molecule has 1 heterocycles. The molecule has 8 heteroatoms. The number of anilines is 1. The van der Waals surface area contributed by atoms with Gasteiger partial charge in [0.1, 0.15) is 11.8 Å². The van der Waals surface area contributed by atoms with Crippen LogP contribution in [0.1, 0.15) is 22.8 Å². The quantitative estimate of drug-likeness (QED) is 0.776. The van der Waals surface area contributed by atoms with Gasteiger partial charge >= 0.3 is 5.97 Å². The van der Waals surface area contributed by atoms with E-state index in [-0.39, 0.29) is 17.2 Å². The molecule has 1 aliphatic heterocycles. The second-order valence-electron chi connectivity index (χ2n) is 5.81. The van der Waals surface area contributed by atoms with Gasteiger partial charge in [-0.05, 0) is 37.3 Å². The molecule has 0 aliphatic carbocycles. The first-order valence-corrected chi connectivity index (χ1v) is 8.53. The molecule has 0 unspecified atom stereocenters. The van der Waals surface area contributed by atoms with Gasteiger partial charge in [-0.3, -0.25) is 4.79 Å². The van der Waals surface area contributed by atoms with Crippen LogP contribution in [0.5, 0.6) is 5.75 Å². The molecular weight excluding hydrogens is 382 g/mol. The van der Waals surface area contributed by atoms with Gasteiger partial charge in [-0.25, -0.2) is 4.79 Å². The summed E-state index contributed by atoms with van der Waals surface area (Å²) in [6.07, 6.45) is 1.63. The van der Waals surface area contributed by atoms with Crippen LogP contribution in [0.4, 0.5) is 5.69 Å². The molecule has 0 radical (unpaired) electrons. The zero-order valence-corrected chi connectivity index (χ0v) is 15.5. The fourth-order valence-corrected chi connectivity index (χ4v) is 2.86. The van der Waals surface area contributed by atoms with Gasteiger partial charge in [-0.2, -0.15) is 15.4 Å². The lowest BCUT2D eigenvalue weighted by atomic mass is 10.1. The van der Waals surface area contributed by atoms with E-state index in [0.717, 1.165) is 5.01 Å². The third-order valence-electron chi connectivity index (χ3n) is 4.00. The topological polar surface area (TPSA) is 103 Å². The molecule has 0 bridgehead atoms. The lowest BCUT2D eigenvalue weighted by molar-refractivity contribution is -0.114. The van der Waals surface area contributed by atoms with Crippen molar-refractivity contribution in [3.8, 4) is 11.8 Å². The first kappa shape index (κ1) is 19.1. The monoisotopic (exact) mass is 395 g/mol. The minimum atomic E-state index is -1.20. The van der Waals surface area contributed by atoms with Crippen molar-refractivity contribution in [3.63, 3.8) is 0 Å². The highest BCUT2D eigenvalue weighted by Crippen LogP contribution is 2.30. The fourth-order valence-electron chi connectivity index (χ4n) is 2.66. The number of hydrogen-bond acceptors (Lipinski definition) is 5. The lowest BCUT2D eigenvalue weighted by Crippen LogP contribution is -2.21. The summed E-state index contributed by atoms with van der Waals surface area (Å²) >= 11 is 5.89. The van der Waals surface area contributed by atoms with Crippen molar-refractivity contribution in [1.82, 2.24) is 0 Å². The molecule has 3 rings (SSSR count). The zero-order chi connectivity index (χ0) is 20.3. The number of hydrazone groups is 1. The van der Waals surface area contributed by atoms with Crippen LogP contribution in [0.15, 0.2) is 53.1 Å². The maximum atomic E-state index is 12.9. The summed E-state index contributed by atoms with van der Waals surface area (Å²) in [5.74, 6) is -1.14. The number of nitrogens with zero attached hydrogens (tertiary/aromatic N) is 3. The number of carboxylic acid groups (broad SMARTS) is 1. The standard InChI is InChI=1S/C20H14ClN3O4/c1-12-15(10-13-4-2-3-5-18(13)28-9-8-22)19(25)24(23-12)14-6-7-17(21)16(11-14)20(26)27/h2-7,10-11H,9H2,1H3,(H,26,27)/b15-10-. The number of ether oxygens (including phenoxy) is 1. The van der Waals surface area contributed by atoms with Crippen LogP contribution in [-0.4, -0.2) is 29.3 Å². The van der Waals surface area contributed by atoms with E-state index in [2.05, 4.69) is 5.10 Å². The van der Waals surface area contributed by atoms with Gasteiger partial charge < -0.3 is 9.84 Å². The first-order valence-electron chi connectivity index (χ1n) is 8.15. The summed E-state index contributed by atoms with van der Waals surface area (Å²) in [4.78, 5) is 24.2. The maximum absolute atomic E-state index is 12.9. The predicted octanol–water partition coefficient (Wildman–Crippen LogP) is 3.75. The minimum absolute atomic E-state index is 0.0722. The van der Waals surface area contributed by atoms with Gasteiger partial charge in [0.15, 0.2) is 6.61 Å². The van der Waals surface area contributed by atoms with Crippen molar-refractivity contribution in [2.24, 2.45) is 5.10 Å². The molecule has 0 saturated heterocycles. The highest BCUT2D eigenvalue weighted by molar-refractivity contribution is 6.34. The van der Waals surface area contributed by atoms with Crippen LogP contribution in [0.25, 0.3) is 6.08 Å². The number of rotatable bonds is 5. The molecule has 1 amide bonds. The minimum Gasteiger partial charge on any atom is -0.478 e. The average Bonchev–Trinajstić information content (AvgIpc) is 2.95. The van der Waals surface area contributed by atoms with E-state index in [1.54, 1.807) is 37.3 Å². The number of nitriles is 1. The van der Waals surface area contributed by atoms with Crippen LogP contribution >= 0.6 is 11.6 Å². The SMILES string of the molecule is CC1=NN(c2ccc(Cl)c(C(=O)O)c2)C(=O)/C1=C\c1ccccc1OCC#N. The predicted molar refractivity (Wildman–Crippen MR) is 105 cm³/mol. The van der Waals surface area contributed by atoms with E-state index in [9.17, 15) is 14.7 Å².